The number of amides is 5. The van der Waals surface area contributed by atoms with Crippen LogP contribution in [0.3, 0.4) is 0 Å². The zero-order valence-electron chi connectivity index (χ0n) is 26.8. The molecule has 2 aromatic carbocycles. The lowest BCUT2D eigenvalue weighted by Gasteiger charge is -2.34. The van der Waals surface area contributed by atoms with Crippen LogP contribution in [-0.4, -0.2) is 99.1 Å². The SMILES string of the molecule is C[C@@H](O)[C@H](N)C(=O)NC1C(=O)NCC(=O)N[C@@H](Cc2ccccc2)C(=O)N[C@H](C(=O)N[C@@H](Cc2ccccc2)C(=O)O)CSSC1(C)C. The van der Waals surface area contributed by atoms with Crippen molar-refractivity contribution in [2.75, 3.05) is 12.3 Å². The van der Waals surface area contributed by atoms with Crippen LogP contribution in [0.2, 0.25) is 0 Å². The molecule has 1 aliphatic heterocycles. The molecule has 3 rings (SSSR count). The van der Waals surface area contributed by atoms with Crippen LogP contribution in [-0.2, 0) is 41.6 Å². The van der Waals surface area contributed by atoms with E-state index in [-0.39, 0.29) is 18.6 Å². The van der Waals surface area contributed by atoms with Crippen molar-refractivity contribution in [2.24, 2.45) is 5.73 Å². The van der Waals surface area contributed by atoms with E-state index in [9.17, 15) is 39.0 Å². The summed E-state index contributed by atoms with van der Waals surface area (Å²) < 4.78 is -1.08. The molecule has 5 amide bonds. The Labute approximate surface area is 286 Å². The number of nitrogens with one attached hydrogen (secondary N) is 5. The van der Waals surface area contributed by atoms with Gasteiger partial charge in [-0.2, -0.15) is 0 Å². The molecule has 16 heteroatoms. The maximum absolute atomic E-state index is 13.6. The van der Waals surface area contributed by atoms with Gasteiger partial charge in [0.05, 0.1) is 12.6 Å². The number of nitrogens with two attached hydrogens (primary N) is 1. The van der Waals surface area contributed by atoms with Crippen molar-refractivity contribution in [3.05, 3.63) is 71.8 Å². The van der Waals surface area contributed by atoms with Crippen molar-refractivity contribution in [1.82, 2.24) is 26.6 Å². The van der Waals surface area contributed by atoms with E-state index < -0.39 is 83.1 Å². The Bertz CT molecular complexity index is 1450. The highest BCUT2D eigenvalue weighted by Gasteiger charge is 2.40. The molecule has 0 spiro atoms. The van der Waals surface area contributed by atoms with Gasteiger partial charge >= 0.3 is 5.97 Å². The summed E-state index contributed by atoms with van der Waals surface area (Å²) in [5.41, 5.74) is 7.19. The van der Waals surface area contributed by atoms with Gasteiger partial charge in [0.25, 0.3) is 0 Å². The number of carbonyl (C=O) groups is 6. The Kier molecular flexibility index (Phi) is 14.3. The van der Waals surface area contributed by atoms with Gasteiger partial charge in [-0.25, -0.2) is 4.79 Å². The number of carbonyl (C=O) groups excluding carboxylic acids is 5. The minimum Gasteiger partial charge on any atom is -0.480 e. The van der Waals surface area contributed by atoms with Gasteiger partial charge in [-0.3, -0.25) is 24.0 Å². The zero-order valence-corrected chi connectivity index (χ0v) is 28.4. The highest BCUT2D eigenvalue weighted by molar-refractivity contribution is 8.77. The van der Waals surface area contributed by atoms with E-state index >= 15 is 0 Å². The van der Waals surface area contributed by atoms with Crippen molar-refractivity contribution >= 4 is 57.1 Å². The normalized spacial score (nSPS) is 22.4. The predicted octanol–water partition coefficient (Wildman–Crippen LogP) is -0.506. The third-order valence-electron chi connectivity index (χ3n) is 7.46. The molecule has 2 aromatic rings. The monoisotopic (exact) mass is 702 g/mol. The lowest BCUT2D eigenvalue weighted by molar-refractivity contribution is -0.142. The van der Waals surface area contributed by atoms with E-state index in [4.69, 9.17) is 5.73 Å². The fourth-order valence-corrected chi connectivity index (χ4v) is 7.48. The number of aliphatic hydroxyl groups is 1. The molecule has 0 aliphatic carbocycles. The molecule has 14 nitrogen and oxygen atoms in total. The van der Waals surface area contributed by atoms with Crippen molar-refractivity contribution in [3.8, 4) is 0 Å². The molecule has 260 valence electrons. The van der Waals surface area contributed by atoms with Crippen LogP contribution in [0.4, 0.5) is 0 Å². The van der Waals surface area contributed by atoms with Gasteiger partial charge in [0.1, 0.15) is 30.2 Å². The third-order valence-corrected chi connectivity index (χ3v) is 10.8. The lowest BCUT2D eigenvalue weighted by Crippen LogP contribution is -2.61. The van der Waals surface area contributed by atoms with Crippen LogP contribution >= 0.6 is 21.6 Å². The first kappa shape index (κ1) is 38.3. The van der Waals surface area contributed by atoms with Crippen LogP contribution in [0.5, 0.6) is 0 Å². The molecule has 0 radical (unpaired) electrons. The molecule has 9 N–H and O–H groups in total. The van der Waals surface area contributed by atoms with Crippen molar-refractivity contribution < 1.29 is 39.0 Å². The van der Waals surface area contributed by atoms with Gasteiger partial charge in [0.2, 0.25) is 29.5 Å². The summed E-state index contributed by atoms with van der Waals surface area (Å²) >= 11 is 0. The standard InChI is InChI=1S/C32H42N6O8S2/c1-18(39)25(33)29(43)38-26-30(44)34-16-24(40)35-21(14-19-10-6-4-7-11-19)27(41)37-23(17-47-48-32(26,2)3)28(42)36-22(31(45)46)15-20-12-8-5-9-13-20/h4-13,18,21-23,25-26,39H,14-17,33H2,1-3H3,(H,34,44)(H,35,40)(H,36,42)(H,37,41)(H,38,43)(H,45,46)/t18-,21+,22+,23+,25+,26?/m1/s1. The third kappa shape index (κ3) is 11.5. The minimum atomic E-state index is -1.33. The number of hydrogen-bond donors (Lipinski definition) is 8. The molecule has 1 heterocycles. The topological polar surface area (TPSA) is 229 Å². The molecule has 48 heavy (non-hydrogen) atoms. The van der Waals surface area contributed by atoms with Crippen LogP contribution < -0.4 is 32.3 Å². The summed E-state index contributed by atoms with van der Waals surface area (Å²) in [6.45, 7) is 4.10. The molecule has 1 aliphatic rings. The number of hydrogen-bond acceptors (Lipinski definition) is 10. The van der Waals surface area contributed by atoms with E-state index in [2.05, 4.69) is 26.6 Å². The maximum atomic E-state index is 13.6. The predicted molar refractivity (Wildman–Crippen MR) is 182 cm³/mol. The molecule has 0 saturated carbocycles. The molecule has 6 atom stereocenters. The Hall–Kier alpha value is -4.12. The van der Waals surface area contributed by atoms with Crippen LogP contribution in [0, 0.1) is 0 Å². The molecule has 1 saturated heterocycles. The Morgan fingerprint density at radius 2 is 1.58 bits per heavy atom. The first-order chi connectivity index (χ1) is 22.7. The van der Waals surface area contributed by atoms with Gasteiger partial charge in [-0.05, 0) is 31.9 Å². The Morgan fingerprint density at radius 3 is 2.17 bits per heavy atom. The number of aliphatic carboxylic acids is 1. The minimum absolute atomic E-state index is 0.00469. The molecule has 0 aromatic heterocycles. The summed E-state index contributed by atoms with van der Waals surface area (Å²) in [4.78, 5) is 78.6. The average molecular weight is 703 g/mol. The number of rotatable bonds is 10. The quantitative estimate of drug-likeness (QED) is 0.147. The Balaban J connectivity index is 1.92. The molecule has 1 fully saturated rings. The van der Waals surface area contributed by atoms with Crippen LogP contribution in [0.1, 0.15) is 31.9 Å². The summed E-state index contributed by atoms with van der Waals surface area (Å²) in [7, 11) is 2.24. The fraction of sp³-hybridized carbons (Fsp3) is 0.438. The van der Waals surface area contributed by atoms with E-state index in [0.29, 0.717) is 11.1 Å². The zero-order chi connectivity index (χ0) is 35.4. The van der Waals surface area contributed by atoms with Gasteiger partial charge < -0.3 is 42.5 Å². The van der Waals surface area contributed by atoms with E-state index in [1.807, 2.05) is 0 Å². The van der Waals surface area contributed by atoms with E-state index in [1.54, 1.807) is 74.5 Å². The molecule has 0 bridgehead atoms. The summed E-state index contributed by atoms with van der Waals surface area (Å²) in [6.07, 6.45) is -1.16. The van der Waals surface area contributed by atoms with E-state index in [1.165, 1.54) is 6.92 Å². The molecule has 1 unspecified atom stereocenters. The second kappa shape index (κ2) is 17.9. The van der Waals surface area contributed by atoms with Crippen molar-refractivity contribution in [3.63, 3.8) is 0 Å². The summed E-state index contributed by atoms with van der Waals surface area (Å²) in [5.74, 6) is -5.01. The number of aliphatic hydroxyl groups excluding tert-OH is 1. The first-order valence-electron chi connectivity index (χ1n) is 15.2. The van der Waals surface area contributed by atoms with Gasteiger partial charge in [0.15, 0.2) is 0 Å². The van der Waals surface area contributed by atoms with Gasteiger partial charge in [-0.15, -0.1) is 0 Å². The highest BCUT2D eigenvalue weighted by Crippen LogP contribution is 2.38. The average Bonchev–Trinajstić information content (AvgIpc) is 3.04. The summed E-state index contributed by atoms with van der Waals surface area (Å²) in [5, 5.41) is 32.6. The first-order valence-corrected chi connectivity index (χ1v) is 17.5. The second-order valence-electron chi connectivity index (χ2n) is 11.9. The largest absolute Gasteiger partial charge is 0.480 e. The second-order valence-corrected chi connectivity index (χ2v) is 14.9. The highest BCUT2D eigenvalue weighted by atomic mass is 33.1. The Morgan fingerprint density at radius 1 is 0.979 bits per heavy atom. The maximum Gasteiger partial charge on any atom is 0.326 e. The van der Waals surface area contributed by atoms with Crippen LogP contribution in [0.15, 0.2) is 60.7 Å². The van der Waals surface area contributed by atoms with Gasteiger partial charge in [-0.1, -0.05) is 82.3 Å². The lowest BCUT2D eigenvalue weighted by atomic mass is 10.0. The van der Waals surface area contributed by atoms with Crippen molar-refractivity contribution in [1.29, 1.82) is 0 Å². The molecular weight excluding hydrogens is 661 g/mol. The fourth-order valence-electron chi connectivity index (χ4n) is 4.67. The number of carboxylic acids is 1. The van der Waals surface area contributed by atoms with Crippen molar-refractivity contribution in [2.45, 2.75) is 74.7 Å². The van der Waals surface area contributed by atoms with Gasteiger partial charge in [0, 0.05) is 23.3 Å². The summed E-state index contributed by atoms with van der Waals surface area (Å²) in [6, 6.07) is 11.3. The number of benzene rings is 2. The smallest absolute Gasteiger partial charge is 0.326 e. The van der Waals surface area contributed by atoms with Crippen LogP contribution in [0.25, 0.3) is 0 Å². The van der Waals surface area contributed by atoms with E-state index in [0.717, 1.165) is 21.6 Å². The molecular formula is C32H42N6O8S2. The number of carboxylic acid groups (broad SMARTS) is 1.